The second-order valence-corrected chi connectivity index (χ2v) is 6.05. The zero-order valence-corrected chi connectivity index (χ0v) is 13.1. The highest BCUT2D eigenvalue weighted by atomic mass is 16.7. The van der Waals surface area contributed by atoms with E-state index in [1.807, 2.05) is 0 Å². The molecule has 2 N–H and O–H groups in total. The zero-order valence-electron chi connectivity index (χ0n) is 13.1. The van der Waals surface area contributed by atoms with Gasteiger partial charge in [-0.2, -0.15) is 0 Å². The number of piperidine rings is 1. The molecule has 0 spiro atoms. The molecule has 0 bridgehead atoms. The van der Waals surface area contributed by atoms with Gasteiger partial charge in [0.05, 0.1) is 6.54 Å². The molecule has 124 valence electrons. The fourth-order valence-corrected chi connectivity index (χ4v) is 2.94. The predicted octanol–water partition coefficient (Wildman–Crippen LogP) is 1.80. The van der Waals surface area contributed by atoms with Gasteiger partial charge < -0.3 is 14.8 Å². The Morgan fingerprint density at radius 1 is 1.30 bits per heavy atom. The van der Waals surface area contributed by atoms with E-state index < -0.39 is 6.03 Å². The molecule has 1 saturated heterocycles. The number of anilines is 1. The maximum atomic E-state index is 11.9. The predicted molar refractivity (Wildman–Crippen MR) is 84.6 cm³/mol. The molecule has 0 radical (unpaired) electrons. The molecule has 1 atom stereocenters. The quantitative estimate of drug-likeness (QED) is 0.888. The number of hydrogen-bond acceptors (Lipinski definition) is 5. The normalized spacial score (nSPS) is 20.1. The van der Waals surface area contributed by atoms with E-state index in [1.54, 1.807) is 18.2 Å². The fourth-order valence-electron chi connectivity index (χ4n) is 2.94. The van der Waals surface area contributed by atoms with E-state index in [0.717, 1.165) is 19.5 Å². The summed E-state index contributed by atoms with van der Waals surface area (Å²) < 4.78 is 10.5. The summed E-state index contributed by atoms with van der Waals surface area (Å²) in [6.07, 6.45) is 2.29. The first-order valence-electron chi connectivity index (χ1n) is 7.83. The number of hydrogen-bond donors (Lipinski definition) is 2. The van der Waals surface area contributed by atoms with Crippen molar-refractivity contribution in [3.63, 3.8) is 0 Å². The molecule has 2 heterocycles. The van der Waals surface area contributed by atoms with Crippen molar-refractivity contribution in [3.8, 4) is 11.5 Å². The summed E-state index contributed by atoms with van der Waals surface area (Å²) in [6, 6.07) is 4.54. The second kappa shape index (κ2) is 6.87. The number of fused-ring (bicyclic) bond motifs is 1. The lowest BCUT2D eigenvalue weighted by Crippen LogP contribution is -2.44. The first kappa shape index (κ1) is 15.6. The van der Waals surface area contributed by atoms with Crippen molar-refractivity contribution in [2.75, 3.05) is 31.7 Å². The minimum atomic E-state index is -0.543. The Bertz CT molecular complexity index is 605. The molecule has 1 unspecified atom stereocenters. The molecular formula is C16H21N3O4. The number of carbonyl (C=O) groups excluding carboxylic acids is 2. The summed E-state index contributed by atoms with van der Waals surface area (Å²) in [4.78, 5) is 25.9. The number of nitrogens with zero attached hydrogens (tertiary/aromatic N) is 1. The van der Waals surface area contributed by atoms with Crippen molar-refractivity contribution in [1.82, 2.24) is 10.2 Å². The van der Waals surface area contributed by atoms with E-state index in [-0.39, 0.29) is 19.2 Å². The van der Waals surface area contributed by atoms with Crippen LogP contribution in [0.5, 0.6) is 11.5 Å². The first-order chi connectivity index (χ1) is 11.1. The van der Waals surface area contributed by atoms with Gasteiger partial charge in [0.1, 0.15) is 0 Å². The lowest BCUT2D eigenvalue weighted by Gasteiger charge is -2.29. The highest BCUT2D eigenvalue weighted by Gasteiger charge is 2.20. The molecule has 1 aromatic rings. The number of ether oxygens (including phenoxy) is 2. The van der Waals surface area contributed by atoms with Crippen LogP contribution in [-0.4, -0.2) is 43.3 Å². The SMILES string of the molecule is CC1CCCN(CC(=O)NC(=O)Nc2ccc3c(c2)OCO3)C1. The van der Waals surface area contributed by atoms with Gasteiger partial charge in [-0.15, -0.1) is 0 Å². The van der Waals surface area contributed by atoms with E-state index >= 15 is 0 Å². The van der Waals surface area contributed by atoms with Crippen LogP contribution in [0.1, 0.15) is 19.8 Å². The molecule has 1 fully saturated rings. The fraction of sp³-hybridized carbons (Fsp3) is 0.500. The molecule has 0 aromatic heterocycles. The molecule has 0 aliphatic carbocycles. The Balaban J connectivity index is 1.48. The van der Waals surface area contributed by atoms with Crippen LogP contribution in [0.25, 0.3) is 0 Å². The van der Waals surface area contributed by atoms with Gasteiger partial charge in [-0.3, -0.25) is 15.0 Å². The summed E-state index contributed by atoms with van der Waals surface area (Å²) in [5, 5.41) is 4.98. The van der Waals surface area contributed by atoms with Crippen LogP contribution in [0.4, 0.5) is 10.5 Å². The average molecular weight is 319 g/mol. The Morgan fingerprint density at radius 2 is 2.13 bits per heavy atom. The summed E-state index contributed by atoms with van der Waals surface area (Å²) in [5.41, 5.74) is 0.547. The third kappa shape index (κ3) is 4.13. The molecule has 2 aliphatic heterocycles. The molecule has 0 saturated carbocycles. The van der Waals surface area contributed by atoms with Gasteiger partial charge in [0, 0.05) is 18.3 Å². The average Bonchev–Trinajstić information content (AvgIpc) is 2.94. The number of benzene rings is 1. The zero-order chi connectivity index (χ0) is 16.2. The number of amides is 3. The first-order valence-corrected chi connectivity index (χ1v) is 7.83. The summed E-state index contributed by atoms with van der Waals surface area (Å²) in [7, 11) is 0. The minimum absolute atomic E-state index is 0.178. The summed E-state index contributed by atoms with van der Waals surface area (Å²) >= 11 is 0. The number of rotatable bonds is 3. The van der Waals surface area contributed by atoms with Gasteiger partial charge in [-0.05, 0) is 37.4 Å². The molecule has 2 aliphatic rings. The third-order valence-electron chi connectivity index (χ3n) is 3.99. The van der Waals surface area contributed by atoms with Gasteiger partial charge in [-0.25, -0.2) is 4.79 Å². The largest absolute Gasteiger partial charge is 0.454 e. The standard InChI is InChI=1S/C16H21N3O4/c1-11-3-2-6-19(8-11)9-15(20)18-16(21)17-12-4-5-13-14(7-12)23-10-22-13/h4-5,7,11H,2-3,6,8-10H2,1H3,(H2,17,18,20,21). The van der Waals surface area contributed by atoms with Crippen molar-refractivity contribution in [2.45, 2.75) is 19.8 Å². The van der Waals surface area contributed by atoms with Crippen LogP contribution < -0.4 is 20.1 Å². The Labute approximate surface area is 134 Å². The Kier molecular flexibility index (Phi) is 4.66. The second-order valence-electron chi connectivity index (χ2n) is 6.05. The van der Waals surface area contributed by atoms with Crippen LogP contribution in [-0.2, 0) is 4.79 Å². The number of carbonyl (C=O) groups is 2. The minimum Gasteiger partial charge on any atom is -0.454 e. The summed E-state index contributed by atoms with van der Waals surface area (Å²) in [5.74, 6) is 1.53. The highest BCUT2D eigenvalue weighted by molar-refractivity contribution is 6.01. The smallest absolute Gasteiger partial charge is 0.325 e. The maximum Gasteiger partial charge on any atom is 0.325 e. The number of likely N-dealkylation sites (tertiary alicyclic amines) is 1. The van der Waals surface area contributed by atoms with E-state index in [1.165, 1.54) is 6.42 Å². The topological polar surface area (TPSA) is 79.9 Å². The van der Waals surface area contributed by atoms with Crippen molar-refractivity contribution >= 4 is 17.6 Å². The summed E-state index contributed by atoms with van der Waals surface area (Å²) in [6.45, 7) is 4.41. The Morgan fingerprint density at radius 3 is 2.96 bits per heavy atom. The molecular weight excluding hydrogens is 298 g/mol. The van der Waals surface area contributed by atoms with Crippen LogP contribution in [0, 0.1) is 5.92 Å². The maximum absolute atomic E-state index is 11.9. The van der Waals surface area contributed by atoms with Crippen molar-refractivity contribution in [1.29, 1.82) is 0 Å². The number of urea groups is 1. The Hall–Kier alpha value is -2.28. The van der Waals surface area contributed by atoms with Gasteiger partial charge in [0.25, 0.3) is 0 Å². The van der Waals surface area contributed by atoms with E-state index in [0.29, 0.717) is 23.1 Å². The highest BCUT2D eigenvalue weighted by Crippen LogP contribution is 2.34. The number of imide groups is 1. The van der Waals surface area contributed by atoms with Crippen LogP contribution in [0.3, 0.4) is 0 Å². The molecule has 23 heavy (non-hydrogen) atoms. The number of nitrogens with one attached hydrogen (secondary N) is 2. The van der Waals surface area contributed by atoms with E-state index in [9.17, 15) is 9.59 Å². The van der Waals surface area contributed by atoms with Gasteiger partial charge in [0.2, 0.25) is 12.7 Å². The van der Waals surface area contributed by atoms with Crippen LogP contribution in [0.2, 0.25) is 0 Å². The van der Waals surface area contributed by atoms with E-state index in [2.05, 4.69) is 22.5 Å². The van der Waals surface area contributed by atoms with Gasteiger partial charge in [0.15, 0.2) is 11.5 Å². The monoisotopic (exact) mass is 319 g/mol. The van der Waals surface area contributed by atoms with Crippen molar-refractivity contribution in [2.24, 2.45) is 5.92 Å². The molecule has 3 amide bonds. The van der Waals surface area contributed by atoms with Crippen LogP contribution >= 0.6 is 0 Å². The lowest BCUT2D eigenvalue weighted by molar-refractivity contribution is -0.121. The molecule has 1 aromatic carbocycles. The molecule has 7 heteroatoms. The molecule has 7 nitrogen and oxygen atoms in total. The van der Waals surface area contributed by atoms with Crippen molar-refractivity contribution in [3.05, 3.63) is 18.2 Å². The van der Waals surface area contributed by atoms with Gasteiger partial charge in [-0.1, -0.05) is 6.92 Å². The lowest BCUT2D eigenvalue weighted by atomic mass is 10.0. The van der Waals surface area contributed by atoms with Crippen LogP contribution in [0.15, 0.2) is 18.2 Å². The third-order valence-corrected chi connectivity index (χ3v) is 3.99. The van der Waals surface area contributed by atoms with Gasteiger partial charge >= 0.3 is 6.03 Å². The van der Waals surface area contributed by atoms with Crippen molar-refractivity contribution < 1.29 is 19.1 Å². The van der Waals surface area contributed by atoms with E-state index in [4.69, 9.17) is 9.47 Å². The molecule has 3 rings (SSSR count).